The van der Waals surface area contributed by atoms with E-state index in [1.165, 1.54) is 4.90 Å². The molecular formula is C33H28BrNO6S. The van der Waals surface area contributed by atoms with Gasteiger partial charge in [-0.1, -0.05) is 48.5 Å². The fourth-order valence-corrected chi connectivity index (χ4v) is 5.94. The number of thioether (sulfide) groups is 1. The highest BCUT2D eigenvalue weighted by atomic mass is 79.9. The number of imide groups is 1. The molecule has 4 aromatic carbocycles. The molecule has 0 atom stereocenters. The minimum absolute atomic E-state index is 0.131. The minimum Gasteiger partial charge on any atom is -0.491 e. The van der Waals surface area contributed by atoms with E-state index < -0.39 is 11.9 Å². The van der Waals surface area contributed by atoms with Crippen molar-refractivity contribution in [1.29, 1.82) is 0 Å². The summed E-state index contributed by atoms with van der Waals surface area (Å²) in [6.07, 6.45) is 1.63. The van der Waals surface area contributed by atoms with Crippen molar-refractivity contribution >= 4 is 61.7 Å². The Hall–Kier alpha value is -4.08. The zero-order valence-corrected chi connectivity index (χ0v) is 25.7. The highest BCUT2D eigenvalue weighted by molar-refractivity contribution is 9.10. The molecule has 5 rings (SSSR count). The lowest BCUT2D eigenvalue weighted by molar-refractivity contribution is -0.123. The maximum Gasteiger partial charge on any atom is 0.344 e. The number of nitrogens with zero attached hydrogens (tertiary/aromatic N) is 1. The summed E-state index contributed by atoms with van der Waals surface area (Å²) in [7, 11) is 0. The number of ether oxygens (including phenoxy) is 3. The number of halogens is 1. The van der Waals surface area contributed by atoms with Crippen molar-refractivity contribution in [3.8, 4) is 17.2 Å². The van der Waals surface area contributed by atoms with Gasteiger partial charge < -0.3 is 14.2 Å². The van der Waals surface area contributed by atoms with Gasteiger partial charge in [-0.3, -0.25) is 14.5 Å². The first-order valence-electron chi connectivity index (χ1n) is 13.4. The number of hydrogen-bond donors (Lipinski definition) is 0. The van der Waals surface area contributed by atoms with E-state index in [2.05, 4.69) is 15.9 Å². The van der Waals surface area contributed by atoms with E-state index in [9.17, 15) is 14.4 Å². The molecule has 0 spiro atoms. The minimum atomic E-state index is -0.523. The van der Waals surface area contributed by atoms with Gasteiger partial charge in [-0.15, -0.1) is 0 Å². The zero-order valence-electron chi connectivity index (χ0n) is 23.3. The number of benzene rings is 4. The predicted molar refractivity (Wildman–Crippen MR) is 168 cm³/mol. The summed E-state index contributed by atoms with van der Waals surface area (Å²) < 4.78 is 17.9. The Bertz CT molecular complexity index is 1730. The Kier molecular flexibility index (Phi) is 8.99. The quantitative estimate of drug-likeness (QED) is 0.104. The second-order valence-electron chi connectivity index (χ2n) is 9.63. The molecule has 4 aromatic rings. The van der Waals surface area contributed by atoms with Crippen LogP contribution >= 0.6 is 27.7 Å². The second kappa shape index (κ2) is 12.8. The number of amides is 2. The van der Waals surface area contributed by atoms with Crippen molar-refractivity contribution < 1.29 is 28.6 Å². The molecule has 0 aliphatic carbocycles. The number of aryl methyl sites for hydroxylation is 2. The molecule has 0 saturated carbocycles. The van der Waals surface area contributed by atoms with E-state index in [-0.39, 0.29) is 29.0 Å². The van der Waals surface area contributed by atoms with Crippen molar-refractivity contribution in [2.24, 2.45) is 0 Å². The van der Waals surface area contributed by atoms with Gasteiger partial charge in [-0.05, 0) is 106 Å². The fraction of sp³-hybridized carbons (Fsp3) is 0.182. The standard InChI is InChI=1S/C33H28BrNO6S/c1-4-39-28-18-22(17-26(34)30(28)41-32(37)25-11-7-9-23-8-5-6-10-24(23)25)19-29-31(36)35(33(38)42-29)14-15-40-27-16-20(2)12-13-21(27)3/h5-13,16-19H,4,14-15H2,1-3H3/b29-19-. The molecule has 0 bridgehead atoms. The molecule has 7 nitrogen and oxygen atoms in total. The molecule has 214 valence electrons. The third kappa shape index (κ3) is 6.37. The summed E-state index contributed by atoms with van der Waals surface area (Å²) in [5, 5.41) is 1.35. The molecule has 0 unspecified atom stereocenters. The molecule has 2 amide bonds. The first-order valence-corrected chi connectivity index (χ1v) is 15.0. The van der Waals surface area contributed by atoms with E-state index in [1.54, 1.807) is 24.3 Å². The van der Waals surface area contributed by atoms with Crippen molar-refractivity contribution in [2.75, 3.05) is 19.8 Å². The van der Waals surface area contributed by atoms with Crippen molar-refractivity contribution in [3.63, 3.8) is 0 Å². The number of carbonyl (C=O) groups excluding carboxylic acids is 3. The molecular weight excluding hydrogens is 618 g/mol. The van der Waals surface area contributed by atoms with Crippen LogP contribution in [0.15, 0.2) is 82.2 Å². The lowest BCUT2D eigenvalue weighted by Crippen LogP contribution is -2.32. The lowest BCUT2D eigenvalue weighted by atomic mass is 10.0. The van der Waals surface area contributed by atoms with Crippen molar-refractivity contribution in [2.45, 2.75) is 20.8 Å². The maximum atomic E-state index is 13.2. The Morgan fingerprint density at radius 1 is 0.952 bits per heavy atom. The van der Waals surface area contributed by atoms with E-state index in [0.29, 0.717) is 28.0 Å². The molecule has 42 heavy (non-hydrogen) atoms. The summed E-state index contributed by atoms with van der Waals surface area (Å²) in [5.41, 5.74) is 3.09. The average molecular weight is 647 g/mol. The largest absolute Gasteiger partial charge is 0.491 e. The molecule has 0 radical (unpaired) electrons. The van der Waals surface area contributed by atoms with Crippen LogP contribution < -0.4 is 14.2 Å². The Balaban J connectivity index is 1.33. The molecule has 0 aromatic heterocycles. The summed E-state index contributed by atoms with van der Waals surface area (Å²) in [4.78, 5) is 40.4. The van der Waals surface area contributed by atoms with Crippen LogP contribution in [0.4, 0.5) is 4.79 Å². The zero-order chi connectivity index (χ0) is 29.8. The van der Waals surface area contributed by atoms with Crippen LogP contribution in [0.5, 0.6) is 17.2 Å². The predicted octanol–water partition coefficient (Wildman–Crippen LogP) is 7.95. The normalized spacial score (nSPS) is 14.1. The smallest absolute Gasteiger partial charge is 0.344 e. The average Bonchev–Trinajstić information content (AvgIpc) is 3.23. The van der Waals surface area contributed by atoms with Crippen molar-refractivity contribution in [3.05, 3.63) is 104 Å². The first kappa shape index (κ1) is 29.4. The van der Waals surface area contributed by atoms with E-state index >= 15 is 0 Å². The topological polar surface area (TPSA) is 82.1 Å². The van der Waals surface area contributed by atoms with Gasteiger partial charge in [-0.25, -0.2) is 4.79 Å². The molecule has 1 aliphatic rings. The molecule has 1 heterocycles. The number of esters is 1. The van der Waals surface area contributed by atoms with Gasteiger partial charge >= 0.3 is 5.97 Å². The summed E-state index contributed by atoms with van der Waals surface area (Å²) in [6, 6.07) is 22.3. The van der Waals surface area contributed by atoms with E-state index in [4.69, 9.17) is 14.2 Å². The van der Waals surface area contributed by atoms with Gasteiger partial charge in [0.15, 0.2) is 11.5 Å². The van der Waals surface area contributed by atoms with Crippen LogP contribution in [0.3, 0.4) is 0 Å². The molecule has 1 saturated heterocycles. The van der Waals surface area contributed by atoms with Crippen LogP contribution in [0, 0.1) is 13.8 Å². The van der Waals surface area contributed by atoms with Crippen molar-refractivity contribution in [1.82, 2.24) is 4.90 Å². The number of hydrogen-bond acceptors (Lipinski definition) is 7. The van der Waals surface area contributed by atoms with Gasteiger partial charge in [0.25, 0.3) is 11.1 Å². The van der Waals surface area contributed by atoms with E-state index in [0.717, 1.165) is 39.4 Å². The maximum absolute atomic E-state index is 13.2. The molecule has 9 heteroatoms. The summed E-state index contributed by atoms with van der Waals surface area (Å²) in [5.74, 6) is 0.365. The Morgan fingerprint density at radius 3 is 2.55 bits per heavy atom. The van der Waals surface area contributed by atoms with Gasteiger partial charge in [-0.2, -0.15) is 0 Å². The van der Waals surface area contributed by atoms with Crippen LogP contribution in [0.2, 0.25) is 0 Å². The van der Waals surface area contributed by atoms with Gasteiger partial charge in [0, 0.05) is 0 Å². The molecule has 0 N–H and O–H groups in total. The Labute approximate surface area is 256 Å². The van der Waals surface area contributed by atoms with Crippen LogP contribution in [0.1, 0.15) is 34.0 Å². The van der Waals surface area contributed by atoms with Gasteiger partial charge in [0.1, 0.15) is 12.4 Å². The summed E-state index contributed by atoms with van der Waals surface area (Å²) >= 11 is 4.37. The molecule has 1 aliphatic heterocycles. The number of carbonyl (C=O) groups is 3. The van der Waals surface area contributed by atoms with Crippen LogP contribution in [-0.2, 0) is 4.79 Å². The highest BCUT2D eigenvalue weighted by Gasteiger charge is 2.35. The monoisotopic (exact) mass is 645 g/mol. The van der Waals surface area contributed by atoms with Crippen LogP contribution in [0.25, 0.3) is 16.8 Å². The molecule has 1 fully saturated rings. The van der Waals surface area contributed by atoms with Gasteiger partial charge in [0.05, 0.1) is 28.1 Å². The fourth-order valence-electron chi connectivity index (χ4n) is 4.54. The SMILES string of the molecule is CCOc1cc(/C=C2\SC(=O)N(CCOc3cc(C)ccc3C)C2=O)cc(Br)c1OC(=O)c1cccc2ccccc12. The van der Waals surface area contributed by atoms with E-state index in [1.807, 2.05) is 75.4 Å². The third-order valence-electron chi connectivity index (χ3n) is 6.62. The third-order valence-corrected chi connectivity index (χ3v) is 8.12. The lowest BCUT2D eigenvalue weighted by Gasteiger charge is -2.15. The first-order chi connectivity index (χ1) is 20.2. The van der Waals surface area contributed by atoms with Crippen LogP contribution in [-0.4, -0.2) is 41.8 Å². The number of fused-ring (bicyclic) bond motifs is 1. The highest BCUT2D eigenvalue weighted by Crippen LogP contribution is 2.40. The second-order valence-corrected chi connectivity index (χ2v) is 11.5. The van der Waals surface area contributed by atoms with Gasteiger partial charge in [0.2, 0.25) is 0 Å². The number of rotatable bonds is 9. The Morgan fingerprint density at radius 2 is 1.74 bits per heavy atom. The summed E-state index contributed by atoms with van der Waals surface area (Å²) in [6.45, 7) is 6.39.